The first-order chi connectivity index (χ1) is 8.09. The van der Waals surface area contributed by atoms with Crippen molar-refractivity contribution >= 4 is 11.8 Å². The Kier molecular flexibility index (Phi) is 3.69. The number of rotatable bonds is 3. The molecule has 2 amide bonds. The fourth-order valence-corrected chi connectivity index (χ4v) is 3.01. The van der Waals surface area contributed by atoms with Gasteiger partial charge in [0.25, 0.3) is 0 Å². The van der Waals surface area contributed by atoms with Gasteiger partial charge in [0.2, 0.25) is 11.8 Å². The van der Waals surface area contributed by atoms with Crippen LogP contribution in [0.1, 0.15) is 39.5 Å². The Morgan fingerprint density at radius 1 is 1.29 bits per heavy atom. The van der Waals surface area contributed by atoms with E-state index in [1.54, 1.807) is 0 Å². The SMILES string of the molecule is CC(C)C1C(=O)NCC(=O)N1CC1CCCC1. The summed E-state index contributed by atoms with van der Waals surface area (Å²) in [5.41, 5.74) is 0. The van der Waals surface area contributed by atoms with Gasteiger partial charge in [0, 0.05) is 6.54 Å². The summed E-state index contributed by atoms with van der Waals surface area (Å²) in [4.78, 5) is 25.6. The highest BCUT2D eigenvalue weighted by Crippen LogP contribution is 2.27. The van der Waals surface area contributed by atoms with Crippen LogP contribution in [0.2, 0.25) is 0 Å². The lowest BCUT2D eigenvalue weighted by Gasteiger charge is -2.38. The van der Waals surface area contributed by atoms with E-state index in [9.17, 15) is 9.59 Å². The van der Waals surface area contributed by atoms with Gasteiger partial charge in [0.05, 0.1) is 6.54 Å². The predicted octanol–water partition coefficient (Wildman–Crippen LogP) is 1.16. The molecule has 1 heterocycles. The summed E-state index contributed by atoms with van der Waals surface area (Å²) in [6.45, 7) is 4.96. The predicted molar refractivity (Wildman–Crippen MR) is 65.3 cm³/mol. The lowest BCUT2D eigenvalue weighted by Crippen LogP contribution is -2.61. The second kappa shape index (κ2) is 5.07. The second-order valence-electron chi connectivity index (χ2n) is 5.60. The van der Waals surface area contributed by atoms with E-state index >= 15 is 0 Å². The average molecular weight is 238 g/mol. The molecule has 1 unspecified atom stereocenters. The Hall–Kier alpha value is -1.06. The van der Waals surface area contributed by atoms with Gasteiger partial charge >= 0.3 is 0 Å². The Balaban J connectivity index is 2.07. The summed E-state index contributed by atoms with van der Waals surface area (Å²) in [7, 11) is 0. The number of hydrogen-bond acceptors (Lipinski definition) is 2. The van der Waals surface area contributed by atoms with E-state index in [4.69, 9.17) is 0 Å². The minimum atomic E-state index is -0.267. The molecule has 2 rings (SSSR count). The smallest absolute Gasteiger partial charge is 0.243 e. The van der Waals surface area contributed by atoms with Crippen molar-refractivity contribution < 1.29 is 9.59 Å². The summed E-state index contributed by atoms with van der Waals surface area (Å²) in [6.07, 6.45) is 4.95. The molecule has 2 fully saturated rings. The van der Waals surface area contributed by atoms with Gasteiger partial charge in [-0.2, -0.15) is 0 Å². The van der Waals surface area contributed by atoms with Gasteiger partial charge in [-0.25, -0.2) is 0 Å². The fourth-order valence-electron chi connectivity index (χ4n) is 3.01. The van der Waals surface area contributed by atoms with Gasteiger partial charge in [-0.3, -0.25) is 9.59 Å². The van der Waals surface area contributed by atoms with Crippen LogP contribution in [0.25, 0.3) is 0 Å². The normalized spacial score (nSPS) is 26.8. The quantitative estimate of drug-likeness (QED) is 0.802. The maximum Gasteiger partial charge on any atom is 0.243 e. The van der Waals surface area contributed by atoms with Crippen molar-refractivity contribution in [3.05, 3.63) is 0 Å². The molecule has 0 aromatic rings. The molecule has 1 saturated carbocycles. The Morgan fingerprint density at radius 2 is 1.94 bits per heavy atom. The molecule has 4 heteroatoms. The fraction of sp³-hybridized carbons (Fsp3) is 0.846. The summed E-state index contributed by atoms with van der Waals surface area (Å²) >= 11 is 0. The molecule has 0 aromatic carbocycles. The van der Waals surface area contributed by atoms with E-state index in [1.807, 2.05) is 18.7 Å². The zero-order valence-corrected chi connectivity index (χ0v) is 10.7. The van der Waals surface area contributed by atoms with E-state index in [0.717, 1.165) is 6.54 Å². The van der Waals surface area contributed by atoms with Crippen molar-refractivity contribution in [2.75, 3.05) is 13.1 Å². The van der Waals surface area contributed by atoms with Crippen LogP contribution in [-0.4, -0.2) is 35.8 Å². The van der Waals surface area contributed by atoms with Crippen molar-refractivity contribution in [2.24, 2.45) is 11.8 Å². The molecule has 17 heavy (non-hydrogen) atoms. The molecule has 0 spiro atoms. The Labute approximate surface area is 103 Å². The molecule has 1 atom stereocenters. The lowest BCUT2D eigenvalue weighted by atomic mass is 9.97. The molecular formula is C13H22N2O2. The van der Waals surface area contributed by atoms with Crippen molar-refractivity contribution in [1.82, 2.24) is 10.2 Å². The lowest BCUT2D eigenvalue weighted by molar-refractivity contribution is -0.148. The zero-order chi connectivity index (χ0) is 12.4. The summed E-state index contributed by atoms with van der Waals surface area (Å²) in [6, 6.07) is -0.267. The first-order valence-corrected chi connectivity index (χ1v) is 6.66. The van der Waals surface area contributed by atoms with Crippen molar-refractivity contribution in [2.45, 2.75) is 45.6 Å². The summed E-state index contributed by atoms with van der Waals surface area (Å²) in [5, 5.41) is 2.69. The van der Waals surface area contributed by atoms with Gasteiger partial charge in [-0.15, -0.1) is 0 Å². The number of nitrogens with zero attached hydrogens (tertiary/aromatic N) is 1. The average Bonchev–Trinajstić information content (AvgIpc) is 2.76. The summed E-state index contributed by atoms with van der Waals surface area (Å²) in [5.74, 6) is 0.875. The van der Waals surface area contributed by atoms with Crippen LogP contribution in [0.4, 0.5) is 0 Å². The highest BCUT2D eigenvalue weighted by molar-refractivity contribution is 5.94. The Bertz CT molecular complexity index is 309. The van der Waals surface area contributed by atoms with E-state index < -0.39 is 0 Å². The van der Waals surface area contributed by atoms with Gasteiger partial charge < -0.3 is 10.2 Å². The summed E-state index contributed by atoms with van der Waals surface area (Å²) < 4.78 is 0. The molecular weight excluding hydrogens is 216 g/mol. The van der Waals surface area contributed by atoms with Crippen LogP contribution in [0, 0.1) is 11.8 Å². The van der Waals surface area contributed by atoms with Crippen LogP contribution in [-0.2, 0) is 9.59 Å². The highest BCUT2D eigenvalue weighted by Gasteiger charge is 2.37. The third kappa shape index (κ3) is 2.61. The number of piperazine rings is 1. The van der Waals surface area contributed by atoms with E-state index in [0.29, 0.717) is 5.92 Å². The van der Waals surface area contributed by atoms with Gasteiger partial charge in [-0.1, -0.05) is 26.7 Å². The Morgan fingerprint density at radius 3 is 2.53 bits per heavy atom. The van der Waals surface area contributed by atoms with Crippen LogP contribution in [0.5, 0.6) is 0 Å². The monoisotopic (exact) mass is 238 g/mol. The molecule has 2 aliphatic rings. The van der Waals surface area contributed by atoms with E-state index in [2.05, 4.69) is 5.32 Å². The molecule has 1 aliphatic heterocycles. The van der Waals surface area contributed by atoms with Crippen molar-refractivity contribution in [1.29, 1.82) is 0 Å². The number of hydrogen-bond donors (Lipinski definition) is 1. The van der Waals surface area contributed by atoms with Crippen LogP contribution in [0.3, 0.4) is 0 Å². The number of nitrogens with one attached hydrogen (secondary N) is 1. The molecule has 0 bridgehead atoms. The van der Waals surface area contributed by atoms with Gasteiger partial charge in [-0.05, 0) is 24.7 Å². The molecule has 96 valence electrons. The van der Waals surface area contributed by atoms with Crippen LogP contribution >= 0.6 is 0 Å². The van der Waals surface area contributed by atoms with E-state index in [-0.39, 0.29) is 30.3 Å². The third-order valence-corrected chi connectivity index (χ3v) is 3.90. The minimum Gasteiger partial charge on any atom is -0.345 e. The standard InChI is InChI=1S/C13H22N2O2/c1-9(2)12-13(17)14-7-11(16)15(12)8-10-5-3-4-6-10/h9-10,12H,3-8H2,1-2H3,(H,14,17). The maximum atomic E-state index is 12.0. The van der Waals surface area contributed by atoms with Crippen LogP contribution in [0.15, 0.2) is 0 Å². The molecule has 1 aliphatic carbocycles. The minimum absolute atomic E-state index is 0.0117. The molecule has 0 radical (unpaired) electrons. The van der Waals surface area contributed by atoms with Gasteiger partial charge in [0.15, 0.2) is 0 Å². The number of carbonyl (C=O) groups excluding carboxylic acids is 2. The largest absolute Gasteiger partial charge is 0.345 e. The number of amides is 2. The van der Waals surface area contributed by atoms with Crippen molar-refractivity contribution in [3.8, 4) is 0 Å². The van der Waals surface area contributed by atoms with E-state index in [1.165, 1.54) is 25.7 Å². The molecule has 4 nitrogen and oxygen atoms in total. The second-order valence-corrected chi connectivity index (χ2v) is 5.60. The topological polar surface area (TPSA) is 49.4 Å². The first-order valence-electron chi connectivity index (χ1n) is 6.66. The number of carbonyl (C=O) groups is 2. The maximum absolute atomic E-state index is 12.0. The third-order valence-electron chi connectivity index (χ3n) is 3.90. The van der Waals surface area contributed by atoms with Gasteiger partial charge in [0.1, 0.15) is 6.04 Å². The molecule has 0 aromatic heterocycles. The highest BCUT2D eigenvalue weighted by atomic mass is 16.2. The molecule has 1 N–H and O–H groups in total. The van der Waals surface area contributed by atoms with Crippen LogP contribution < -0.4 is 5.32 Å². The first kappa shape index (κ1) is 12.4. The molecule has 1 saturated heterocycles. The zero-order valence-electron chi connectivity index (χ0n) is 10.7. The van der Waals surface area contributed by atoms with Crippen molar-refractivity contribution in [3.63, 3.8) is 0 Å².